The standard InChI is InChI=1S/C21H25N3O5/c25-17(22-15-6-9-29-20(11-15)8-10-28-13-20)12-24-18(26)21(23-19(24)27)7-5-14-3-1-2-4-16(14)21/h1-4,15H,5-13H2,(H,22,25)(H,23,27). The number of urea groups is 1. The number of carbonyl (C=O) groups excluding carboxylic acids is 3. The van der Waals surface area contributed by atoms with Crippen molar-refractivity contribution >= 4 is 17.8 Å². The zero-order valence-corrected chi connectivity index (χ0v) is 16.2. The highest BCUT2D eigenvalue weighted by Gasteiger charge is 2.55. The summed E-state index contributed by atoms with van der Waals surface area (Å²) in [5.74, 6) is -0.659. The normalized spacial score (nSPS) is 33.4. The van der Waals surface area contributed by atoms with Crippen LogP contribution in [0.15, 0.2) is 24.3 Å². The van der Waals surface area contributed by atoms with Crippen molar-refractivity contribution in [2.45, 2.75) is 49.3 Å². The fourth-order valence-corrected chi connectivity index (χ4v) is 5.16. The number of rotatable bonds is 3. The number of carbonyl (C=O) groups is 3. The number of fused-ring (bicyclic) bond motifs is 2. The average Bonchev–Trinajstić information content (AvgIpc) is 3.37. The first-order valence-electron chi connectivity index (χ1n) is 10.2. The molecule has 1 aromatic rings. The Kier molecular flexibility index (Phi) is 4.36. The summed E-state index contributed by atoms with van der Waals surface area (Å²) < 4.78 is 11.4. The summed E-state index contributed by atoms with van der Waals surface area (Å²) in [6.45, 7) is 1.52. The van der Waals surface area contributed by atoms with Gasteiger partial charge in [0.05, 0.1) is 12.2 Å². The van der Waals surface area contributed by atoms with Crippen LogP contribution in [0.25, 0.3) is 0 Å². The van der Waals surface area contributed by atoms with Gasteiger partial charge in [-0.1, -0.05) is 24.3 Å². The van der Waals surface area contributed by atoms with Crippen LogP contribution in [-0.2, 0) is 31.0 Å². The van der Waals surface area contributed by atoms with Gasteiger partial charge in [-0.25, -0.2) is 4.79 Å². The van der Waals surface area contributed by atoms with Crippen molar-refractivity contribution in [1.82, 2.24) is 15.5 Å². The molecule has 0 saturated carbocycles. The van der Waals surface area contributed by atoms with Gasteiger partial charge in [-0.15, -0.1) is 0 Å². The highest BCUT2D eigenvalue weighted by Crippen LogP contribution is 2.41. The molecule has 2 spiro atoms. The van der Waals surface area contributed by atoms with Gasteiger partial charge in [0, 0.05) is 25.7 Å². The first kappa shape index (κ1) is 18.6. The van der Waals surface area contributed by atoms with Crippen LogP contribution in [0.4, 0.5) is 4.79 Å². The average molecular weight is 399 g/mol. The topological polar surface area (TPSA) is 97.0 Å². The molecule has 29 heavy (non-hydrogen) atoms. The van der Waals surface area contributed by atoms with Gasteiger partial charge in [-0.05, 0) is 36.8 Å². The molecule has 5 rings (SSSR count). The predicted molar refractivity (Wildman–Crippen MR) is 102 cm³/mol. The third-order valence-corrected chi connectivity index (χ3v) is 6.65. The molecule has 8 heteroatoms. The second-order valence-corrected chi connectivity index (χ2v) is 8.48. The van der Waals surface area contributed by atoms with Gasteiger partial charge in [0.1, 0.15) is 12.1 Å². The molecule has 0 bridgehead atoms. The first-order valence-corrected chi connectivity index (χ1v) is 10.2. The molecular formula is C21H25N3O5. The Hall–Kier alpha value is -2.45. The second kappa shape index (κ2) is 6.81. The monoisotopic (exact) mass is 399 g/mol. The number of ether oxygens (including phenoxy) is 2. The SMILES string of the molecule is O=C(CN1C(=O)NC2(CCc3ccccc32)C1=O)NC1CCOC2(CCOC2)C1. The van der Waals surface area contributed by atoms with Crippen molar-refractivity contribution in [2.75, 3.05) is 26.4 Å². The number of hydrogen-bond donors (Lipinski definition) is 2. The molecule has 2 N–H and O–H groups in total. The summed E-state index contributed by atoms with van der Waals surface area (Å²) in [6.07, 6.45) is 3.49. The zero-order valence-electron chi connectivity index (χ0n) is 16.2. The lowest BCUT2D eigenvalue weighted by molar-refractivity contribution is -0.136. The van der Waals surface area contributed by atoms with E-state index < -0.39 is 11.6 Å². The van der Waals surface area contributed by atoms with Crippen LogP contribution in [-0.4, -0.2) is 60.8 Å². The lowest BCUT2D eigenvalue weighted by atomic mass is 9.89. The minimum atomic E-state index is -1.03. The highest BCUT2D eigenvalue weighted by molar-refractivity contribution is 6.09. The van der Waals surface area contributed by atoms with Gasteiger partial charge < -0.3 is 20.1 Å². The van der Waals surface area contributed by atoms with Gasteiger partial charge in [-0.3, -0.25) is 14.5 Å². The van der Waals surface area contributed by atoms with Crippen molar-refractivity contribution in [1.29, 1.82) is 0 Å². The van der Waals surface area contributed by atoms with Gasteiger partial charge in [-0.2, -0.15) is 0 Å². The van der Waals surface area contributed by atoms with Gasteiger partial charge in [0.2, 0.25) is 5.91 Å². The maximum Gasteiger partial charge on any atom is 0.325 e. The molecule has 3 heterocycles. The van der Waals surface area contributed by atoms with E-state index in [0.29, 0.717) is 39.1 Å². The van der Waals surface area contributed by atoms with Crippen molar-refractivity contribution in [3.8, 4) is 0 Å². The summed E-state index contributed by atoms with van der Waals surface area (Å²) in [5, 5.41) is 5.84. The molecule has 1 aliphatic carbocycles. The molecule has 0 aromatic heterocycles. The zero-order chi connectivity index (χ0) is 20.1. The Morgan fingerprint density at radius 1 is 1.24 bits per heavy atom. The molecule has 3 fully saturated rings. The number of hydrogen-bond acceptors (Lipinski definition) is 5. The van der Waals surface area contributed by atoms with Gasteiger partial charge >= 0.3 is 6.03 Å². The molecular weight excluding hydrogens is 374 g/mol. The minimum Gasteiger partial charge on any atom is -0.378 e. The lowest BCUT2D eigenvalue weighted by Gasteiger charge is -2.37. The van der Waals surface area contributed by atoms with Crippen molar-refractivity contribution in [3.05, 3.63) is 35.4 Å². The maximum absolute atomic E-state index is 13.2. The Labute approximate surface area is 168 Å². The molecule has 0 radical (unpaired) electrons. The number of amides is 4. The number of benzene rings is 1. The fourth-order valence-electron chi connectivity index (χ4n) is 5.16. The van der Waals surface area contributed by atoms with E-state index in [-0.39, 0.29) is 30.0 Å². The fraction of sp³-hybridized carbons (Fsp3) is 0.571. The van der Waals surface area contributed by atoms with Gasteiger partial charge in [0.25, 0.3) is 5.91 Å². The van der Waals surface area contributed by atoms with Crippen LogP contribution in [0.1, 0.15) is 36.8 Å². The number of imide groups is 1. The van der Waals surface area contributed by atoms with Crippen LogP contribution in [0.5, 0.6) is 0 Å². The van der Waals surface area contributed by atoms with Gasteiger partial charge in [0.15, 0.2) is 0 Å². The molecule has 3 saturated heterocycles. The van der Waals surface area contributed by atoms with E-state index in [1.165, 1.54) is 0 Å². The third kappa shape index (κ3) is 3.02. The molecule has 3 atom stereocenters. The Balaban J connectivity index is 1.26. The van der Waals surface area contributed by atoms with Crippen molar-refractivity contribution in [2.24, 2.45) is 0 Å². The second-order valence-electron chi connectivity index (χ2n) is 8.48. The minimum absolute atomic E-state index is 0.0418. The lowest BCUT2D eigenvalue weighted by Crippen LogP contribution is -2.51. The molecule has 4 amide bonds. The maximum atomic E-state index is 13.2. The molecule has 3 unspecified atom stereocenters. The molecule has 4 aliphatic rings. The third-order valence-electron chi connectivity index (χ3n) is 6.65. The highest BCUT2D eigenvalue weighted by atomic mass is 16.6. The van der Waals surface area contributed by atoms with Crippen LogP contribution in [0.2, 0.25) is 0 Å². The van der Waals surface area contributed by atoms with E-state index in [4.69, 9.17) is 9.47 Å². The molecule has 8 nitrogen and oxygen atoms in total. The Morgan fingerprint density at radius 2 is 2.10 bits per heavy atom. The van der Waals surface area contributed by atoms with Crippen LogP contribution in [0, 0.1) is 0 Å². The Bertz CT molecular complexity index is 866. The smallest absolute Gasteiger partial charge is 0.325 e. The molecule has 154 valence electrons. The van der Waals surface area contributed by atoms with Crippen LogP contribution >= 0.6 is 0 Å². The predicted octanol–water partition coefficient (Wildman–Crippen LogP) is 0.834. The van der Waals surface area contributed by atoms with Crippen LogP contribution in [0.3, 0.4) is 0 Å². The summed E-state index contributed by atoms with van der Waals surface area (Å²) >= 11 is 0. The van der Waals surface area contributed by atoms with Crippen molar-refractivity contribution in [3.63, 3.8) is 0 Å². The van der Waals surface area contributed by atoms with E-state index in [9.17, 15) is 14.4 Å². The van der Waals surface area contributed by atoms with E-state index >= 15 is 0 Å². The van der Waals surface area contributed by atoms with E-state index in [0.717, 1.165) is 28.9 Å². The Morgan fingerprint density at radius 3 is 2.93 bits per heavy atom. The van der Waals surface area contributed by atoms with E-state index in [2.05, 4.69) is 10.6 Å². The molecule has 3 aliphatic heterocycles. The summed E-state index contributed by atoms with van der Waals surface area (Å²) in [6, 6.07) is 7.12. The number of nitrogens with one attached hydrogen (secondary N) is 2. The largest absolute Gasteiger partial charge is 0.378 e. The van der Waals surface area contributed by atoms with Crippen molar-refractivity contribution < 1.29 is 23.9 Å². The summed E-state index contributed by atoms with van der Waals surface area (Å²) in [7, 11) is 0. The van der Waals surface area contributed by atoms with E-state index in [1.54, 1.807) is 0 Å². The quantitative estimate of drug-likeness (QED) is 0.734. The number of nitrogens with zero attached hydrogens (tertiary/aromatic N) is 1. The van der Waals surface area contributed by atoms with E-state index in [1.807, 2.05) is 24.3 Å². The summed E-state index contributed by atoms with van der Waals surface area (Å²) in [4.78, 5) is 39.4. The van der Waals surface area contributed by atoms with Crippen LogP contribution < -0.4 is 10.6 Å². The molecule has 1 aromatic carbocycles. The first-order chi connectivity index (χ1) is 14.0. The number of aryl methyl sites for hydroxylation is 1. The summed E-state index contributed by atoms with van der Waals surface area (Å²) in [5.41, 5.74) is 0.569.